The van der Waals surface area contributed by atoms with Gasteiger partial charge in [0, 0.05) is 32.3 Å². The lowest BCUT2D eigenvalue weighted by Gasteiger charge is -2.31. The summed E-state index contributed by atoms with van der Waals surface area (Å²) >= 11 is 0. The smallest absolute Gasteiger partial charge is 0.407 e. The Morgan fingerprint density at radius 3 is 2.38 bits per heavy atom. The van der Waals surface area contributed by atoms with Crippen molar-refractivity contribution in [3.05, 3.63) is 35.4 Å². The molecular weight excluding hydrogens is 304 g/mol. The maximum atomic E-state index is 11.7. The molecule has 5 nitrogen and oxygen atoms in total. The molecule has 1 aromatic carbocycles. The molecule has 0 unspecified atom stereocenters. The largest absolute Gasteiger partial charge is 0.444 e. The van der Waals surface area contributed by atoms with E-state index in [9.17, 15) is 4.79 Å². The first-order valence-electron chi connectivity index (χ1n) is 8.66. The molecule has 1 N–H and O–H groups in total. The molecule has 2 rings (SSSR count). The predicted octanol–water partition coefficient (Wildman–Crippen LogP) is 3.32. The quantitative estimate of drug-likeness (QED) is 0.897. The number of ether oxygens (including phenoxy) is 2. The van der Waals surface area contributed by atoms with E-state index in [0.29, 0.717) is 12.6 Å². The number of hydrogen-bond donors (Lipinski definition) is 1. The Kier molecular flexibility index (Phi) is 6.63. The van der Waals surface area contributed by atoms with Gasteiger partial charge in [0.05, 0.1) is 0 Å². The van der Waals surface area contributed by atoms with Crippen LogP contribution in [0.2, 0.25) is 0 Å². The topological polar surface area (TPSA) is 50.8 Å². The molecule has 0 aromatic heterocycles. The lowest BCUT2D eigenvalue weighted by atomic mass is 10.1. The summed E-state index contributed by atoms with van der Waals surface area (Å²) in [5.41, 5.74) is 1.88. The minimum absolute atomic E-state index is 0.383. The molecule has 1 amide bonds. The van der Waals surface area contributed by atoms with E-state index in [1.807, 2.05) is 20.8 Å². The summed E-state index contributed by atoms with van der Waals surface area (Å²) in [6, 6.07) is 8.98. The number of rotatable bonds is 5. The minimum atomic E-state index is -0.470. The first-order chi connectivity index (χ1) is 11.3. The molecule has 1 aliphatic heterocycles. The molecule has 0 saturated carbocycles. The van der Waals surface area contributed by atoms with Crippen molar-refractivity contribution < 1.29 is 14.3 Å². The summed E-state index contributed by atoms with van der Waals surface area (Å²) in [5.74, 6) is 0. The average molecular weight is 334 g/mol. The van der Waals surface area contributed by atoms with Gasteiger partial charge in [0.1, 0.15) is 5.60 Å². The highest BCUT2D eigenvalue weighted by Crippen LogP contribution is 2.16. The molecule has 0 aliphatic carbocycles. The molecule has 1 heterocycles. The second kappa shape index (κ2) is 8.49. The second-order valence-electron chi connectivity index (χ2n) is 7.43. The predicted molar refractivity (Wildman–Crippen MR) is 94.8 cm³/mol. The number of nitrogens with one attached hydrogen (secondary N) is 1. The lowest BCUT2D eigenvalue weighted by molar-refractivity contribution is 0.0407. The van der Waals surface area contributed by atoms with E-state index in [0.717, 1.165) is 38.2 Å². The molecule has 0 spiro atoms. The SMILES string of the molecule is CN(Cc1ccc(CNC(=O)OC(C)(C)C)cc1)C1CCOCC1. The van der Waals surface area contributed by atoms with Crippen LogP contribution in [0.15, 0.2) is 24.3 Å². The summed E-state index contributed by atoms with van der Waals surface area (Å²) in [4.78, 5) is 14.1. The highest BCUT2D eigenvalue weighted by Gasteiger charge is 2.18. The van der Waals surface area contributed by atoms with Crippen molar-refractivity contribution in [1.29, 1.82) is 0 Å². The van der Waals surface area contributed by atoms with Crippen LogP contribution in [0.1, 0.15) is 44.7 Å². The fourth-order valence-corrected chi connectivity index (χ4v) is 2.79. The molecule has 0 bridgehead atoms. The zero-order chi connectivity index (χ0) is 17.6. The highest BCUT2D eigenvalue weighted by atomic mass is 16.6. The Balaban J connectivity index is 1.79. The first kappa shape index (κ1) is 18.7. The third-order valence-electron chi connectivity index (χ3n) is 4.10. The number of alkyl carbamates (subject to hydrolysis) is 1. The number of nitrogens with zero attached hydrogens (tertiary/aromatic N) is 1. The van der Waals surface area contributed by atoms with Gasteiger partial charge in [-0.25, -0.2) is 4.79 Å². The van der Waals surface area contributed by atoms with Gasteiger partial charge in [0.2, 0.25) is 0 Å². The van der Waals surface area contributed by atoms with Crippen molar-refractivity contribution in [2.45, 2.75) is 58.3 Å². The van der Waals surface area contributed by atoms with Gasteiger partial charge < -0.3 is 14.8 Å². The Labute approximate surface area is 145 Å². The standard InChI is InChI=1S/C19H30N2O3/c1-19(2,3)24-18(22)20-13-15-5-7-16(8-6-15)14-21(4)17-9-11-23-12-10-17/h5-8,17H,9-14H2,1-4H3,(H,20,22). The minimum Gasteiger partial charge on any atom is -0.444 e. The summed E-state index contributed by atoms with van der Waals surface area (Å²) < 4.78 is 10.7. The van der Waals surface area contributed by atoms with E-state index in [2.05, 4.69) is 41.5 Å². The van der Waals surface area contributed by atoms with Gasteiger partial charge in [0.15, 0.2) is 0 Å². The summed E-state index contributed by atoms with van der Waals surface area (Å²) in [6.45, 7) is 8.72. The van der Waals surface area contributed by atoms with Crippen molar-refractivity contribution in [2.24, 2.45) is 0 Å². The number of benzene rings is 1. The molecular formula is C19H30N2O3. The van der Waals surface area contributed by atoms with Crippen LogP contribution in [-0.2, 0) is 22.6 Å². The fourth-order valence-electron chi connectivity index (χ4n) is 2.79. The van der Waals surface area contributed by atoms with E-state index in [1.54, 1.807) is 0 Å². The van der Waals surface area contributed by atoms with E-state index in [1.165, 1.54) is 5.56 Å². The van der Waals surface area contributed by atoms with E-state index in [4.69, 9.17) is 9.47 Å². The van der Waals surface area contributed by atoms with Gasteiger partial charge in [-0.1, -0.05) is 24.3 Å². The zero-order valence-corrected chi connectivity index (χ0v) is 15.3. The van der Waals surface area contributed by atoms with Crippen LogP contribution in [0.25, 0.3) is 0 Å². The Morgan fingerprint density at radius 1 is 1.21 bits per heavy atom. The molecule has 1 saturated heterocycles. The van der Waals surface area contributed by atoms with Crippen LogP contribution in [0.4, 0.5) is 4.79 Å². The van der Waals surface area contributed by atoms with E-state index < -0.39 is 5.60 Å². The van der Waals surface area contributed by atoms with Crippen LogP contribution in [0.3, 0.4) is 0 Å². The summed E-state index contributed by atoms with van der Waals surface area (Å²) in [6.07, 6.45) is 1.83. The van der Waals surface area contributed by atoms with Gasteiger partial charge in [-0.2, -0.15) is 0 Å². The van der Waals surface area contributed by atoms with E-state index in [-0.39, 0.29) is 6.09 Å². The van der Waals surface area contributed by atoms with Gasteiger partial charge in [0.25, 0.3) is 0 Å². The third kappa shape index (κ3) is 6.49. The molecule has 5 heteroatoms. The second-order valence-corrected chi connectivity index (χ2v) is 7.43. The fraction of sp³-hybridized carbons (Fsp3) is 0.632. The Morgan fingerprint density at radius 2 is 1.79 bits per heavy atom. The highest BCUT2D eigenvalue weighted by molar-refractivity contribution is 5.67. The van der Waals surface area contributed by atoms with Crippen LogP contribution in [-0.4, -0.2) is 42.9 Å². The maximum Gasteiger partial charge on any atom is 0.407 e. The molecule has 1 aliphatic rings. The Bertz CT molecular complexity index is 516. The summed E-state index contributed by atoms with van der Waals surface area (Å²) in [7, 11) is 2.17. The number of hydrogen-bond acceptors (Lipinski definition) is 4. The zero-order valence-electron chi connectivity index (χ0n) is 15.3. The monoisotopic (exact) mass is 334 g/mol. The molecule has 0 atom stereocenters. The van der Waals surface area contributed by atoms with Crippen molar-refractivity contribution in [2.75, 3.05) is 20.3 Å². The lowest BCUT2D eigenvalue weighted by Crippen LogP contribution is -2.36. The molecule has 24 heavy (non-hydrogen) atoms. The van der Waals surface area contributed by atoms with Crippen LogP contribution < -0.4 is 5.32 Å². The average Bonchev–Trinajstić information content (AvgIpc) is 2.53. The Hall–Kier alpha value is -1.59. The number of carbonyl (C=O) groups is 1. The first-order valence-corrected chi connectivity index (χ1v) is 8.66. The van der Waals surface area contributed by atoms with Gasteiger partial charge in [-0.3, -0.25) is 4.90 Å². The van der Waals surface area contributed by atoms with Crippen LogP contribution in [0.5, 0.6) is 0 Å². The molecule has 1 aromatic rings. The van der Waals surface area contributed by atoms with Crippen molar-refractivity contribution in [3.8, 4) is 0 Å². The molecule has 0 radical (unpaired) electrons. The van der Waals surface area contributed by atoms with Gasteiger partial charge in [-0.05, 0) is 51.8 Å². The van der Waals surface area contributed by atoms with Gasteiger partial charge in [-0.15, -0.1) is 0 Å². The van der Waals surface area contributed by atoms with Crippen LogP contribution in [0, 0.1) is 0 Å². The van der Waals surface area contributed by atoms with Crippen LogP contribution >= 0.6 is 0 Å². The maximum absolute atomic E-state index is 11.7. The van der Waals surface area contributed by atoms with Crippen molar-refractivity contribution in [3.63, 3.8) is 0 Å². The van der Waals surface area contributed by atoms with E-state index >= 15 is 0 Å². The van der Waals surface area contributed by atoms with Crippen molar-refractivity contribution >= 4 is 6.09 Å². The van der Waals surface area contributed by atoms with Gasteiger partial charge >= 0.3 is 6.09 Å². The normalized spacial score (nSPS) is 16.2. The van der Waals surface area contributed by atoms with Crippen molar-refractivity contribution in [1.82, 2.24) is 10.2 Å². The third-order valence-corrected chi connectivity index (χ3v) is 4.10. The number of amides is 1. The summed E-state index contributed by atoms with van der Waals surface area (Å²) in [5, 5.41) is 2.78. The molecule has 1 fully saturated rings. The number of carbonyl (C=O) groups excluding carboxylic acids is 1. The molecule has 134 valence electrons.